The Labute approximate surface area is 90.7 Å². The minimum Gasteiger partial charge on any atom is -0.295 e. The van der Waals surface area contributed by atoms with Gasteiger partial charge in [-0.2, -0.15) is 0 Å². The second kappa shape index (κ2) is 5.90. The molecule has 0 aromatic carbocycles. The lowest BCUT2D eigenvalue weighted by molar-refractivity contribution is 0.177. The maximum atomic E-state index is 5.91. The molecule has 1 rings (SSSR count). The van der Waals surface area contributed by atoms with Crippen LogP contribution in [0.5, 0.6) is 0 Å². The fraction of sp³-hybridized carbons (Fsp3) is 0.800. The van der Waals surface area contributed by atoms with Gasteiger partial charge in [0.25, 0.3) is 0 Å². The fourth-order valence-corrected chi connectivity index (χ4v) is 2.22. The van der Waals surface area contributed by atoms with Gasteiger partial charge >= 0.3 is 0 Å². The second-order valence-electron chi connectivity index (χ2n) is 3.73. The van der Waals surface area contributed by atoms with Crippen LogP contribution in [0.1, 0.15) is 26.2 Å². The van der Waals surface area contributed by atoms with Gasteiger partial charge in [-0.3, -0.25) is 4.90 Å². The highest BCUT2D eigenvalue weighted by molar-refractivity contribution is 6.25. The summed E-state index contributed by atoms with van der Waals surface area (Å²) in [6.45, 7) is 4.20. The molecule has 3 heteroatoms. The average molecular weight is 222 g/mol. The summed E-state index contributed by atoms with van der Waals surface area (Å²) in [7, 11) is 0. The van der Waals surface area contributed by atoms with E-state index < -0.39 is 0 Å². The molecular weight excluding hydrogens is 205 g/mol. The summed E-state index contributed by atoms with van der Waals surface area (Å²) >= 11 is 11.5. The van der Waals surface area contributed by atoms with Gasteiger partial charge in [-0.25, -0.2) is 0 Å². The Morgan fingerprint density at radius 2 is 2.31 bits per heavy atom. The molecule has 1 nitrogen and oxygen atoms in total. The van der Waals surface area contributed by atoms with Gasteiger partial charge in [0.15, 0.2) is 0 Å². The number of piperidine rings is 1. The SMILES string of the molecule is CC(=CCl)CN1CCCCC1CCl. The molecule has 0 aromatic rings. The van der Waals surface area contributed by atoms with E-state index in [2.05, 4.69) is 11.8 Å². The molecule has 0 spiro atoms. The van der Waals surface area contributed by atoms with E-state index in [-0.39, 0.29) is 0 Å². The Balaban J connectivity index is 2.45. The van der Waals surface area contributed by atoms with Gasteiger partial charge in [0.1, 0.15) is 0 Å². The highest BCUT2D eigenvalue weighted by Gasteiger charge is 2.20. The zero-order valence-corrected chi connectivity index (χ0v) is 9.61. The summed E-state index contributed by atoms with van der Waals surface area (Å²) in [6.07, 6.45) is 3.85. The smallest absolute Gasteiger partial charge is 0.0379 e. The van der Waals surface area contributed by atoms with E-state index in [9.17, 15) is 0 Å². The fourth-order valence-electron chi connectivity index (χ4n) is 1.80. The largest absolute Gasteiger partial charge is 0.295 e. The second-order valence-corrected chi connectivity index (χ2v) is 4.26. The van der Waals surface area contributed by atoms with Crippen molar-refractivity contribution in [2.45, 2.75) is 32.2 Å². The number of hydrogen-bond acceptors (Lipinski definition) is 1. The molecule has 76 valence electrons. The van der Waals surface area contributed by atoms with E-state index in [1.807, 2.05) is 0 Å². The van der Waals surface area contributed by atoms with Crippen LogP contribution in [-0.4, -0.2) is 29.9 Å². The van der Waals surface area contributed by atoms with E-state index in [0.29, 0.717) is 6.04 Å². The molecule has 1 aliphatic heterocycles. The molecule has 0 aromatic heterocycles. The Morgan fingerprint density at radius 3 is 2.92 bits per heavy atom. The Hall–Kier alpha value is 0.280. The lowest BCUT2D eigenvalue weighted by Gasteiger charge is -2.34. The first-order valence-electron chi connectivity index (χ1n) is 4.83. The summed E-state index contributed by atoms with van der Waals surface area (Å²) in [6, 6.07) is 0.557. The zero-order chi connectivity index (χ0) is 9.68. The molecule has 1 unspecified atom stereocenters. The van der Waals surface area contributed by atoms with Crippen molar-refractivity contribution in [2.24, 2.45) is 0 Å². The third-order valence-electron chi connectivity index (χ3n) is 2.57. The molecule has 0 amide bonds. The Morgan fingerprint density at radius 1 is 1.54 bits per heavy atom. The number of hydrogen-bond donors (Lipinski definition) is 0. The van der Waals surface area contributed by atoms with Crippen LogP contribution < -0.4 is 0 Å². The van der Waals surface area contributed by atoms with Crippen molar-refractivity contribution in [3.05, 3.63) is 11.1 Å². The van der Waals surface area contributed by atoms with E-state index in [0.717, 1.165) is 12.4 Å². The predicted molar refractivity (Wildman–Crippen MR) is 59.5 cm³/mol. The van der Waals surface area contributed by atoms with Crippen LogP contribution in [0.4, 0.5) is 0 Å². The maximum Gasteiger partial charge on any atom is 0.0379 e. The Kier molecular flexibility index (Phi) is 5.15. The van der Waals surface area contributed by atoms with Gasteiger partial charge in [-0.1, -0.05) is 18.0 Å². The normalized spacial score (nSPS) is 26.4. The molecule has 0 saturated carbocycles. The van der Waals surface area contributed by atoms with Crippen LogP contribution in [0.15, 0.2) is 11.1 Å². The summed E-state index contributed by atoms with van der Waals surface area (Å²) in [4.78, 5) is 2.44. The standard InChI is InChI=1S/C10H17Cl2N/c1-9(6-11)8-13-5-3-2-4-10(13)7-12/h6,10H,2-5,7-8H2,1H3. The molecular formula is C10H17Cl2N. The molecule has 1 saturated heterocycles. The molecule has 0 bridgehead atoms. The van der Waals surface area contributed by atoms with E-state index in [1.54, 1.807) is 5.54 Å². The van der Waals surface area contributed by atoms with Crippen LogP contribution in [0.2, 0.25) is 0 Å². The predicted octanol–water partition coefficient (Wildman–Crippen LogP) is 3.22. The highest BCUT2D eigenvalue weighted by atomic mass is 35.5. The first kappa shape index (κ1) is 11.4. The van der Waals surface area contributed by atoms with E-state index >= 15 is 0 Å². The van der Waals surface area contributed by atoms with Crippen LogP contribution in [0, 0.1) is 0 Å². The molecule has 1 heterocycles. The van der Waals surface area contributed by atoms with Gasteiger partial charge < -0.3 is 0 Å². The van der Waals surface area contributed by atoms with Crippen molar-refractivity contribution in [3.63, 3.8) is 0 Å². The summed E-state index contributed by atoms with van der Waals surface area (Å²) in [5.74, 6) is 0.746. The molecule has 0 aliphatic carbocycles. The van der Waals surface area contributed by atoms with Crippen molar-refractivity contribution in [1.29, 1.82) is 0 Å². The molecule has 13 heavy (non-hydrogen) atoms. The highest BCUT2D eigenvalue weighted by Crippen LogP contribution is 2.19. The van der Waals surface area contributed by atoms with E-state index in [1.165, 1.54) is 31.4 Å². The quantitative estimate of drug-likeness (QED) is 0.662. The summed E-state index contributed by atoms with van der Waals surface area (Å²) < 4.78 is 0. The minimum atomic E-state index is 0.557. The molecule has 1 atom stereocenters. The first-order chi connectivity index (χ1) is 6.27. The third kappa shape index (κ3) is 3.49. The first-order valence-corrected chi connectivity index (χ1v) is 5.81. The monoisotopic (exact) mass is 221 g/mol. The van der Waals surface area contributed by atoms with Gasteiger partial charge in [0.2, 0.25) is 0 Å². The molecule has 1 fully saturated rings. The number of halogens is 2. The molecule has 1 aliphatic rings. The molecule has 0 radical (unpaired) electrons. The van der Waals surface area contributed by atoms with Crippen molar-refractivity contribution < 1.29 is 0 Å². The van der Waals surface area contributed by atoms with Crippen molar-refractivity contribution in [2.75, 3.05) is 19.0 Å². The van der Waals surface area contributed by atoms with Crippen LogP contribution in [-0.2, 0) is 0 Å². The number of nitrogens with zero attached hydrogens (tertiary/aromatic N) is 1. The lowest BCUT2D eigenvalue weighted by atomic mass is 10.0. The van der Waals surface area contributed by atoms with Gasteiger partial charge in [0, 0.05) is 24.0 Å². The molecule has 0 N–H and O–H groups in total. The topological polar surface area (TPSA) is 3.24 Å². The van der Waals surface area contributed by atoms with Crippen LogP contribution in [0.3, 0.4) is 0 Å². The number of likely N-dealkylation sites (tertiary alicyclic amines) is 1. The number of alkyl halides is 1. The van der Waals surface area contributed by atoms with Crippen LogP contribution >= 0.6 is 23.2 Å². The van der Waals surface area contributed by atoms with Crippen molar-refractivity contribution in [1.82, 2.24) is 4.90 Å². The zero-order valence-electron chi connectivity index (χ0n) is 8.10. The average Bonchev–Trinajstić information content (AvgIpc) is 2.18. The van der Waals surface area contributed by atoms with Crippen molar-refractivity contribution >= 4 is 23.2 Å². The van der Waals surface area contributed by atoms with Gasteiger partial charge in [-0.05, 0) is 31.9 Å². The Bertz CT molecular complexity index is 180. The summed E-state index contributed by atoms with van der Waals surface area (Å²) in [5, 5.41) is 0. The minimum absolute atomic E-state index is 0.557. The number of rotatable bonds is 3. The maximum absolute atomic E-state index is 5.91. The third-order valence-corrected chi connectivity index (χ3v) is 3.29. The van der Waals surface area contributed by atoms with Crippen LogP contribution in [0.25, 0.3) is 0 Å². The summed E-state index contributed by atoms with van der Waals surface area (Å²) in [5.41, 5.74) is 2.89. The van der Waals surface area contributed by atoms with Gasteiger partial charge in [0.05, 0.1) is 0 Å². The van der Waals surface area contributed by atoms with Crippen molar-refractivity contribution in [3.8, 4) is 0 Å². The lowest BCUT2D eigenvalue weighted by Crippen LogP contribution is -2.41. The van der Waals surface area contributed by atoms with E-state index in [4.69, 9.17) is 23.2 Å². The van der Waals surface area contributed by atoms with Gasteiger partial charge in [-0.15, -0.1) is 11.6 Å².